The molecule has 0 aliphatic heterocycles. The summed E-state index contributed by atoms with van der Waals surface area (Å²) in [5, 5.41) is 11.9. The monoisotopic (exact) mass is 860 g/mol. The molecule has 0 unspecified atom stereocenters. The first-order valence-electron chi connectivity index (χ1n) is 22.8. The van der Waals surface area contributed by atoms with Crippen LogP contribution in [0.1, 0.15) is 159 Å². The number of benzene rings is 4. The van der Waals surface area contributed by atoms with Crippen LogP contribution in [0, 0.1) is 69.6 Å². The molecule has 0 radical (unpaired) electrons. The standard InChI is InChI=1S/C27H29F2NO.C15H8F2O2.C12H23N/c28-24-14-11-21(17-25(24)29)6-5-20-9-12-23(13-10-20)26(31)30-19-27(18-22-7-8-22)15-3-1-2-4-16-27;16-13-8-5-11(9-14(13)17)2-1-10-3-6-12(7-4-10)15(18)19;13-10-12(9-11-5-6-11)7-3-1-2-4-8-12/h9-14,17,22H,1-4,7-8,15-16,18-19H2,(H,30,31);3-9H,(H,18,19);11H,1-10,13H2. The third-order valence-corrected chi connectivity index (χ3v) is 13.0. The van der Waals surface area contributed by atoms with Crippen LogP contribution in [0.25, 0.3) is 0 Å². The molecule has 4 aliphatic rings. The highest BCUT2D eigenvalue weighted by molar-refractivity contribution is 5.94. The van der Waals surface area contributed by atoms with E-state index in [2.05, 4.69) is 29.0 Å². The predicted molar refractivity (Wildman–Crippen MR) is 241 cm³/mol. The Morgan fingerprint density at radius 1 is 0.540 bits per heavy atom. The fraction of sp³-hybridized carbons (Fsp3) is 0.444. The Morgan fingerprint density at radius 3 is 1.32 bits per heavy atom. The number of carboxylic acids is 1. The van der Waals surface area contributed by atoms with Crippen molar-refractivity contribution in [3.8, 4) is 23.7 Å². The Kier molecular flexibility index (Phi) is 17.1. The third-order valence-electron chi connectivity index (χ3n) is 13.0. The molecule has 0 atom stereocenters. The summed E-state index contributed by atoms with van der Waals surface area (Å²) < 4.78 is 51.9. The lowest BCUT2D eigenvalue weighted by Crippen LogP contribution is -2.38. The zero-order valence-electron chi connectivity index (χ0n) is 36.2. The van der Waals surface area contributed by atoms with Crippen LogP contribution in [-0.2, 0) is 0 Å². The maximum absolute atomic E-state index is 13.3. The molecule has 4 aromatic carbocycles. The zero-order chi connectivity index (χ0) is 44.7. The quantitative estimate of drug-likeness (QED) is 0.0888. The largest absolute Gasteiger partial charge is 0.478 e. The third kappa shape index (κ3) is 15.1. The zero-order valence-corrected chi connectivity index (χ0v) is 36.2. The van der Waals surface area contributed by atoms with Crippen molar-refractivity contribution in [2.45, 2.75) is 116 Å². The second-order valence-electron chi connectivity index (χ2n) is 18.2. The summed E-state index contributed by atoms with van der Waals surface area (Å²) in [6, 6.07) is 20.0. The molecule has 0 saturated heterocycles. The normalized spacial score (nSPS) is 17.5. The van der Waals surface area contributed by atoms with E-state index in [9.17, 15) is 27.2 Å². The molecule has 4 aromatic rings. The Bertz CT molecular complexity index is 2260. The van der Waals surface area contributed by atoms with E-state index in [1.165, 1.54) is 140 Å². The average molecular weight is 861 g/mol. The predicted octanol–water partition coefficient (Wildman–Crippen LogP) is 12.4. The van der Waals surface area contributed by atoms with Crippen LogP contribution >= 0.6 is 0 Å². The number of nitrogens with one attached hydrogen (secondary N) is 1. The first-order valence-corrected chi connectivity index (χ1v) is 22.8. The van der Waals surface area contributed by atoms with Crippen LogP contribution in [0.5, 0.6) is 0 Å². The van der Waals surface area contributed by atoms with Crippen LogP contribution in [0.2, 0.25) is 0 Å². The van der Waals surface area contributed by atoms with E-state index >= 15 is 0 Å². The molecule has 4 N–H and O–H groups in total. The Balaban J connectivity index is 0.000000175. The smallest absolute Gasteiger partial charge is 0.335 e. The number of carbonyl (C=O) groups is 2. The second kappa shape index (κ2) is 22.8. The van der Waals surface area contributed by atoms with Gasteiger partial charge in [0.05, 0.1) is 5.56 Å². The van der Waals surface area contributed by atoms with E-state index in [0.29, 0.717) is 27.7 Å². The summed E-state index contributed by atoms with van der Waals surface area (Å²) >= 11 is 0. The van der Waals surface area contributed by atoms with Crippen molar-refractivity contribution < 1.29 is 32.3 Å². The number of hydrogen-bond donors (Lipinski definition) is 3. The summed E-state index contributed by atoms with van der Waals surface area (Å²) in [5.74, 6) is 8.36. The molecular weight excluding hydrogens is 801 g/mol. The molecule has 0 bridgehead atoms. The van der Waals surface area contributed by atoms with Gasteiger partial charge >= 0.3 is 5.97 Å². The van der Waals surface area contributed by atoms with Gasteiger partial charge in [0.25, 0.3) is 5.91 Å². The highest BCUT2D eigenvalue weighted by Gasteiger charge is 2.38. The Hall–Kier alpha value is -5.38. The van der Waals surface area contributed by atoms with Gasteiger partial charge in [-0.15, -0.1) is 0 Å². The Labute approximate surface area is 370 Å². The summed E-state index contributed by atoms with van der Waals surface area (Å²) in [4.78, 5) is 23.4. The van der Waals surface area contributed by atoms with Crippen LogP contribution in [0.4, 0.5) is 17.6 Å². The van der Waals surface area contributed by atoms with Gasteiger partial charge in [0.1, 0.15) is 0 Å². The lowest BCUT2D eigenvalue weighted by molar-refractivity contribution is 0.0696. The maximum atomic E-state index is 13.3. The van der Waals surface area contributed by atoms with E-state index in [1.54, 1.807) is 36.4 Å². The van der Waals surface area contributed by atoms with Crippen molar-refractivity contribution in [1.29, 1.82) is 0 Å². The highest BCUT2D eigenvalue weighted by Crippen LogP contribution is 2.47. The van der Waals surface area contributed by atoms with E-state index in [0.717, 1.165) is 54.8 Å². The molecule has 4 fully saturated rings. The lowest BCUT2D eigenvalue weighted by atomic mass is 9.75. The van der Waals surface area contributed by atoms with Crippen LogP contribution in [0.15, 0.2) is 84.9 Å². The van der Waals surface area contributed by atoms with Crippen molar-refractivity contribution >= 4 is 11.9 Å². The van der Waals surface area contributed by atoms with Gasteiger partial charge < -0.3 is 16.2 Å². The van der Waals surface area contributed by atoms with Gasteiger partial charge in [-0.2, -0.15) is 0 Å². The van der Waals surface area contributed by atoms with Crippen LogP contribution < -0.4 is 11.1 Å². The summed E-state index contributed by atoms with van der Waals surface area (Å²) in [6.07, 6.45) is 24.6. The minimum absolute atomic E-state index is 0.0421. The topological polar surface area (TPSA) is 92.4 Å². The second-order valence-corrected chi connectivity index (χ2v) is 18.2. The van der Waals surface area contributed by atoms with Crippen molar-refractivity contribution in [3.05, 3.63) is 142 Å². The van der Waals surface area contributed by atoms with Crippen molar-refractivity contribution in [1.82, 2.24) is 5.32 Å². The number of amides is 1. The van der Waals surface area contributed by atoms with Gasteiger partial charge in [0, 0.05) is 34.4 Å². The van der Waals surface area contributed by atoms with Crippen molar-refractivity contribution in [2.24, 2.45) is 28.4 Å². The molecule has 0 heterocycles. The van der Waals surface area contributed by atoms with Gasteiger partial charge in [0.15, 0.2) is 23.3 Å². The van der Waals surface area contributed by atoms with Gasteiger partial charge in [-0.3, -0.25) is 4.79 Å². The molecule has 8 rings (SSSR count). The van der Waals surface area contributed by atoms with Gasteiger partial charge in [-0.1, -0.05) is 101 Å². The van der Waals surface area contributed by atoms with E-state index < -0.39 is 29.2 Å². The lowest BCUT2D eigenvalue weighted by Gasteiger charge is -2.33. The van der Waals surface area contributed by atoms with E-state index in [4.69, 9.17) is 10.8 Å². The molecular formula is C54H60F4N2O3. The number of aromatic carboxylic acids is 1. The molecule has 4 aliphatic carbocycles. The van der Waals surface area contributed by atoms with Gasteiger partial charge in [0.2, 0.25) is 0 Å². The number of rotatable bonds is 9. The molecule has 332 valence electrons. The van der Waals surface area contributed by atoms with Crippen LogP contribution in [-0.4, -0.2) is 30.1 Å². The SMILES string of the molecule is NCC1(CC2CC2)CCCCCC1.O=C(NCC1(CC2CC2)CCCCCC1)c1ccc(C#Cc2ccc(F)c(F)c2)cc1.O=C(O)c1ccc(C#Cc2ccc(F)c(F)c2)cc1. The summed E-state index contributed by atoms with van der Waals surface area (Å²) in [7, 11) is 0. The number of nitrogens with two attached hydrogens (primary N) is 1. The molecule has 0 aromatic heterocycles. The Morgan fingerprint density at radius 2 is 0.921 bits per heavy atom. The fourth-order valence-corrected chi connectivity index (χ4v) is 8.98. The number of hydrogen-bond acceptors (Lipinski definition) is 3. The summed E-state index contributed by atoms with van der Waals surface area (Å²) in [5.41, 5.74) is 9.67. The minimum Gasteiger partial charge on any atom is -0.478 e. The maximum Gasteiger partial charge on any atom is 0.335 e. The highest BCUT2D eigenvalue weighted by atomic mass is 19.2. The fourth-order valence-electron chi connectivity index (χ4n) is 8.98. The number of carboxylic acid groups (broad SMARTS) is 1. The molecule has 0 spiro atoms. The van der Waals surface area contributed by atoms with Crippen LogP contribution in [0.3, 0.4) is 0 Å². The van der Waals surface area contributed by atoms with Crippen molar-refractivity contribution in [3.63, 3.8) is 0 Å². The minimum atomic E-state index is -1.01. The first kappa shape index (κ1) is 47.1. The molecule has 4 saturated carbocycles. The van der Waals surface area contributed by atoms with Gasteiger partial charge in [-0.05, 0) is 153 Å². The molecule has 1 amide bonds. The average Bonchev–Trinajstić information content (AvgIpc) is 4.22. The van der Waals surface area contributed by atoms with E-state index in [-0.39, 0.29) is 16.9 Å². The number of halogens is 4. The number of carbonyl (C=O) groups excluding carboxylic acids is 1. The molecule has 63 heavy (non-hydrogen) atoms. The van der Waals surface area contributed by atoms with Gasteiger partial charge in [-0.25, -0.2) is 22.4 Å². The summed E-state index contributed by atoms with van der Waals surface area (Å²) in [6.45, 7) is 1.71. The van der Waals surface area contributed by atoms with E-state index in [1.807, 2.05) is 0 Å². The first-order chi connectivity index (χ1) is 30.4. The molecule has 5 nitrogen and oxygen atoms in total. The molecule has 9 heteroatoms. The van der Waals surface area contributed by atoms with Crippen molar-refractivity contribution in [2.75, 3.05) is 13.1 Å².